The third kappa shape index (κ3) is 4.21. The molecule has 0 heterocycles. The second-order valence-electron chi connectivity index (χ2n) is 16.5. The summed E-state index contributed by atoms with van der Waals surface area (Å²) in [7, 11) is 0. The number of carbonyl (C=O) groups excluding carboxylic acids is 1. The zero-order valence-corrected chi connectivity index (χ0v) is 26.5. The van der Waals surface area contributed by atoms with Crippen molar-refractivity contribution in [2.45, 2.75) is 112 Å². The van der Waals surface area contributed by atoms with Gasteiger partial charge in [0.25, 0.3) is 0 Å². The number of ether oxygens (including phenoxy) is 1. The average Bonchev–Trinajstić information content (AvgIpc) is 3.27. The molecule has 5 aliphatic rings. The molecular weight excluding hydrogens is 504 g/mol. The minimum atomic E-state index is -0.257. The number of hydrogen-bond donors (Lipinski definition) is 1. The Morgan fingerprint density at radius 3 is 2.29 bits per heavy atom. The molecule has 0 aliphatic heterocycles. The van der Waals surface area contributed by atoms with Gasteiger partial charge in [0.1, 0.15) is 11.9 Å². The molecule has 224 valence electrons. The van der Waals surface area contributed by atoms with Crippen LogP contribution >= 0.6 is 0 Å². The highest BCUT2D eigenvalue weighted by atomic mass is 16.5. The Morgan fingerprint density at radius 1 is 0.854 bits per heavy atom. The van der Waals surface area contributed by atoms with E-state index in [1.54, 1.807) is 36.4 Å². The Morgan fingerprint density at radius 2 is 1.59 bits per heavy atom. The van der Waals surface area contributed by atoms with Gasteiger partial charge in [-0.1, -0.05) is 59.8 Å². The van der Waals surface area contributed by atoms with Crippen molar-refractivity contribution in [3.63, 3.8) is 0 Å². The standard InChI is InChI=1S/C38H54O3/c1-8-26-17-20-35(4)23-24-37(6)28(33(26)35)14-15-30-36(5)21-19-31(34(2,3)29(36)18-22-38(30,37)7)41-32(40)16-11-25-9-12-27(39)13-10-25/h8-13,16,26,28-31,33,39H,1,14-15,17-24H2,2-7H3. The molecule has 6 rings (SSSR count). The van der Waals surface area contributed by atoms with Crippen molar-refractivity contribution in [1.82, 2.24) is 0 Å². The highest BCUT2D eigenvalue weighted by molar-refractivity contribution is 5.87. The van der Waals surface area contributed by atoms with Gasteiger partial charge in [-0.3, -0.25) is 0 Å². The quantitative estimate of drug-likeness (QED) is 0.227. The lowest BCUT2D eigenvalue weighted by atomic mass is 9.32. The van der Waals surface area contributed by atoms with E-state index in [1.165, 1.54) is 51.4 Å². The molecular formula is C38H54O3. The van der Waals surface area contributed by atoms with Gasteiger partial charge in [-0.15, -0.1) is 6.58 Å². The van der Waals surface area contributed by atoms with E-state index in [0.29, 0.717) is 28.1 Å². The predicted octanol–water partition coefficient (Wildman–Crippen LogP) is 9.60. The van der Waals surface area contributed by atoms with Crippen molar-refractivity contribution in [1.29, 1.82) is 0 Å². The SMILES string of the molecule is C=CC1CCC2(C)CCC3(C)C(CCC4C5(C)CCC(OC(=O)C=Cc6ccc(O)cc6)C(C)(C)C5CCC43C)C12. The number of benzene rings is 1. The topological polar surface area (TPSA) is 46.5 Å². The summed E-state index contributed by atoms with van der Waals surface area (Å²) in [5, 5.41) is 9.53. The van der Waals surface area contributed by atoms with Crippen molar-refractivity contribution in [2.24, 2.45) is 56.7 Å². The molecule has 0 amide bonds. The number of carbonyl (C=O) groups is 1. The second-order valence-corrected chi connectivity index (χ2v) is 16.5. The highest BCUT2D eigenvalue weighted by Crippen LogP contribution is 2.77. The number of aromatic hydroxyl groups is 1. The number of esters is 1. The summed E-state index contributed by atoms with van der Waals surface area (Å²) in [4.78, 5) is 13.0. The Bertz CT molecular complexity index is 1210. The van der Waals surface area contributed by atoms with E-state index in [0.717, 1.165) is 36.2 Å². The van der Waals surface area contributed by atoms with Crippen LogP contribution in [0.5, 0.6) is 5.75 Å². The fraction of sp³-hybridized carbons (Fsp3) is 0.711. The van der Waals surface area contributed by atoms with Gasteiger partial charge in [-0.25, -0.2) is 4.79 Å². The predicted molar refractivity (Wildman–Crippen MR) is 167 cm³/mol. The lowest BCUT2D eigenvalue weighted by molar-refractivity contribution is -0.248. The molecule has 0 bridgehead atoms. The maximum Gasteiger partial charge on any atom is 0.331 e. The molecule has 0 saturated heterocycles. The van der Waals surface area contributed by atoms with Gasteiger partial charge in [-0.2, -0.15) is 0 Å². The van der Waals surface area contributed by atoms with E-state index >= 15 is 0 Å². The number of phenolic OH excluding ortho intramolecular Hbond substituents is 1. The van der Waals surface area contributed by atoms with Crippen LogP contribution in [0.25, 0.3) is 6.08 Å². The van der Waals surface area contributed by atoms with Crippen molar-refractivity contribution < 1.29 is 14.6 Å². The van der Waals surface area contributed by atoms with Crippen molar-refractivity contribution in [2.75, 3.05) is 0 Å². The van der Waals surface area contributed by atoms with Gasteiger partial charge in [0, 0.05) is 11.5 Å². The Kier molecular flexibility index (Phi) is 6.91. The highest BCUT2D eigenvalue weighted by Gasteiger charge is 2.70. The monoisotopic (exact) mass is 558 g/mol. The minimum Gasteiger partial charge on any atom is -0.508 e. The van der Waals surface area contributed by atoms with E-state index < -0.39 is 0 Å². The first-order chi connectivity index (χ1) is 19.3. The van der Waals surface area contributed by atoms with Crippen LogP contribution in [-0.4, -0.2) is 17.2 Å². The van der Waals surface area contributed by atoms with Crippen molar-refractivity contribution in [3.05, 3.63) is 48.6 Å². The van der Waals surface area contributed by atoms with Gasteiger partial charge in [0.15, 0.2) is 0 Å². The smallest absolute Gasteiger partial charge is 0.331 e. The molecule has 0 radical (unpaired) electrons. The van der Waals surface area contributed by atoms with Crippen LogP contribution in [0.1, 0.15) is 111 Å². The van der Waals surface area contributed by atoms with E-state index in [2.05, 4.69) is 54.2 Å². The van der Waals surface area contributed by atoms with Crippen LogP contribution in [0, 0.1) is 56.7 Å². The molecule has 5 fully saturated rings. The molecule has 3 heteroatoms. The first-order valence-corrected chi connectivity index (χ1v) is 16.6. The number of phenols is 1. The summed E-state index contributed by atoms with van der Waals surface area (Å²) in [6.07, 6.45) is 18.5. The lowest BCUT2D eigenvalue weighted by Gasteiger charge is -2.72. The molecule has 5 saturated carbocycles. The maximum absolute atomic E-state index is 13.0. The zero-order chi connectivity index (χ0) is 29.4. The minimum absolute atomic E-state index is 0.0569. The van der Waals surface area contributed by atoms with Crippen molar-refractivity contribution >= 4 is 12.0 Å². The Hall–Kier alpha value is -2.03. The summed E-state index contributed by atoms with van der Waals surface area (Å²) in [5.41, 5.74) is 2.37. The molecule has 1 N–H and O–H groups in total. The van der Waals surface area contributed by atoms with Gasteiger partial charge < -0.3 is 9.84 Å². The average molecular weight is 559 g/mol. The molecule has 1 aromatic carbocycles. The molecule has 3 nitrogen and oxygen atoms in total. The Labute approximate surface area is 249 Å². The molecule has 0 aromatic heterocycles. The van der Waals surface area contributed by atoms with E-state index in [9.17, 15) is 9.90 Å². The van der Waals surface area contributed by atoms with Crippen LogP contribution in [0.2, 0.25) is 0 Å². The number of allylic oxidation sites excluding steroid dienone is 1. The van der Waals surface area contributed by atoms with Gasteiger partial charge in [-0.05, 0) is 139 Å². The molecule has 41 heavy (non-hydrogen) atoms. The molecule has 1 aromatic rings. The summed E-state index contributed by atoms with van der Waals surface area (Å²) in [6.45, 7) is 19.7. The summed E-state index contributed by atoms with van der Waals surface area (Å²) >= 11 is 0. The van der Waals surface area contributed by atoms with Gasteiger partial charge in [0.05, 0.1) is 0 Å². The van der Waals surface area contributed by atoms with E-state index in [-0.39, 0.29) is 28.7 Å². The normalized spacial score (nSPS) is 46.6. The van der Waals surface area contributed by atoms with Gasteiger partial charge >= 0.3 is 5.97 Å². The second kappa shape index (κ2) is 9.75. The number of hydrogen-bond acceptors (Lipinski definition) is 3. The van der Waals surface area contributed by atoms with Gasteiger partial charge in [0.2, 0.25) is 0 Å². The van der Waals surface area contributed by atoms with Crippen LogP contribution in [0.15, 0.2) is 43.0 Å². The fourth-order valence-electron chi connectivity index (χ4n) is 12.4. The Balaban J connectivity index is 1.22. The van der Waals surface area contributed by atoms with Crippen molar-refractivity contribution in [3.8, 4) is 5.75 Å². The lowest BCUT2D eigenvalue weighted by Crippen LogP contribution is -2.66. The molecule has 10 atom stereocenters. The van der Waals surface area contributed by atoms with Crippen LogP contribution < -0.4 is 0 Å². The largest absolute Gasteiger partial charge is 0.508 e. The fourth-order valence-corrected chi connectivity index (χ4v) is 12.4. The molecule has 0 spiro atoms. The van der Waals surface area contributed by atoms with Crippen LogP contribution in [0.3, 0.4) is 0 Å². The van der Waals surface area contributed by atoms with Crippen LogP contribution in [-0.2, 0) is 9.53 Å². The summed E-state index contributed by atoms with van der Waals surface area (Å²) in [5.74, 6) is 3.58. The number of fused-ring (bicyclic) bond motifs is 7. The third-order valence-electron chi connectivity index (χ3n) is 14.7. The molecule has 5 aliphatic carbocycles. The first kappa shape index (κ1) is 29.1. The summed E-state index contributed by atoms with van der Waals surface area (Å²) in [6, 6.07) is 6.89. The molecule has 10 unspecified atom stereocenters. The van der Waals surface area contributed by atoms with E-state index in [1.807, 2.05) is 0 Å². The third-order valence-corrected chi connectivity index (χ3v) is 14.7. The zero-order valence-electron chi connectivity index (χ0n) is 26.5. The first-order valence-electron chi connectivity index (χ1n) is 16.6. The van der Waals surface area contributed by atoms with E-state index in [4.69, 9.17) is 4.74 Å². The summed E-state index contributed by atoms with van der Waals surface area (Å²) < 4.78 is 6.21. The van der Waals surface area contributed by atoms with Crippen LogP contribution in [0.4, 0.5) is 0 Å². The maximum atomic E-state index is 13.0. The number of rotatable bonds is 4.